The zero-order chi connectivity index (χ0) is 14.8. The minimum absolute atomic E-state index is 0.0515. The molecular weight excluding hydrogens is 270 g/mol. The van der Waals surface area contributed by atoms with Crippen LogP contribution in [-0.2, 0) is 17.7 Å². The van der Waals surface area contributed by atoms with E-state index in [1.807, 2.05) is 18.7 Å². The summed E-state index contributed by atoms with van der Waals surface area (Å²) in [4.78, 5) is 16.2. The Kier molecular flexibility index (Phi) is 4.14. The lowest BCUT2D eigenvalue weighted by Crippen LogP contribution is -2.48. The molecule has 116 valence electrons. The lowest BCUT2D eigenvalue weighted by molar-refractivity contribution is 0.0524. The number of amides is 1. The molecule has 2 aliphatic rings. The third-order valence-corrected chi connectivity index (χ3v) is 4.31. The number of hydrogen-bond donors (Lipinski definition) is 0. The Balaban J connectivity index is 1.51. The van der Waals surface area contributed by atoms with Crippen LogP contribution in [0.4, 0.5) is 4.79 Å². The molecule has 3 rings (SSSR count). The third-order valence-electron chi connectivity index (χ3n) is 4.31. The molecule has 0 atom stereocenters. The molecule has 0 bridgehead atoms. The van der Waals surface area contributed by atoms with Gasteiger partial charge in [0.2, 0.25) is 0 Å². The second-order valence-corrected chi connectivity index (χ2v) is 6.16. The van der Waals surface area contributed by atoms with Crippen LogP contribution in [0, 0.1) is 0 Å². The van der Waals surface area contributed by atoms with E-state index in [-0.39, 0.29) is 12.2 Å². The molecule has 21 heavy (non-hydrogen) atoms. The van der Waals surface area contributed by atoms with Crippen LogP contribution in [0.2, 0.25) is 0 Å². The fourth-order valence-corrected chi connectivity index (χ4v) is 3.16. The van der Waals surface area contributed by atoms with Gasteiger partial charge in [-0.05, 0) is 26.7 Å². The predicted molar refractivity (Wildman–Crippen MR) is 76.8 cm³/mol. The summed E-state index contributed by atoms with van der Waals surface area (Å²) in [7, 11) is 0. The summed E-state index contributed by atoms with van der Waals surface area (Å²) < 4.78 is 10.3. The molecule has 0 radical (unpaired) electrons. The van der Waals surface area contributed by atoms with Crippen molar-refractivity contribution in [3.63, 3.8) is 0 Å². The molecule has 0 saturated carbocycles. The lowest BCUT2D eigenvalue weighted by atomic mass is 9.99. The van der Waals surface area contributed by atoms with Crippen molar-refractivity contribution in [2.75, 3.05) is 19.6 Å². The molecule has 1 fully saturated rings. The number of carbonyl (C=O) groups is 1. The normalized spacial score (nSPS) is 20.6. The minimum atomic E-state index is -0.177. The van der Waals surface area contributed by atoms with E-state index in [9.17, 15) is 4.79 Å². The fraction of sp³-hybridized carbons (Fsp3) is 0.733. The van der Waals surface area contributed by atoms with Crippen LogP contribution in [-0.4, -0.2) is 52.8 Å². The van der Waals surface area contributed by atoms with Gasteiger partial charge in [-0.25, -0.2) is 4.79 Å². The standard InChI is InChI=1S/C15H23N3O3/c1-11(2)21-15(19)17-6-3-13(4-7-17)18-8-5-14-12(9-18)10-20-16-14/h10-11,13H,3-9H2,1-2H3. The summed E-state index contributed by atoms with van der Waals surface area (Å²) in [6.45, 7) is 7.27. The first kappa shape index (κ1) is 14.4. The number of ether oxygens (including phenoxy) is 1. The number of rotatable bonds is 2. The Morgan fingerprint density at radius 1 is 1.38 bits per heavy atom. The first-order valence-electron chi connectivity index (χ1n) is 7.75. The fourth-order valence-electron chi connectivity index (χ4n) is 3.16. The quantitative estimate of drug-likeness (QED) is 0.835. The van der Waals surface area contributed by atoms with Crippen molar-refractivity contribution in [1.82, 2.24) is 15.0 Å². The zero-order valence-corrected chi connectivity index (χ0v) is 12.7. The number of aromatic nitrogens is 1. The Morgan fingerprint density at radius 2 is 2.14 bits per heavy atom. The first-order chi connectivity index (χ1) is 10.1. The average Bonchev–Trinajstić information content (AvgIpc) is 2.94. The van der Waals surface area contributed by atoms with Crippen molar-refractivity contribution < 1.29 is 14.1 Å². The maximum Gasteiger partial charge on any atom is 0.410 e. The number of likely N-dealkylation sites (tertiary alicyclic amines) is 1. The molecule has 2 aliphatic heterocycles. The van der Waals surface area contributed by atoms with Crippen LogP contribution in [0.25, 0.3) is 0 Å². The predicted octanol–water partition coefficient (Wildman–Crippen LogP) is 2.04. The van der Waals surface area contributed by atoms with Gasteiger partial charge in [0.25, 0.3) is 0 Å². The molecule has 1 saturated heterocycles. The van der Waals surface area contributed by atoms with Crippen molar-refractivity contribution in [2.24, 2.45) is 0 Å². The monoisotopic (exact) mass is 293 g/mol. The van der Waals surface area contributed by atoms with Gasteiger partial charge in [0.15, 0.2) is 0 Å². The maximum atomic E-state index is 11.9. The molecule has 1 aromatic rings. The van der Waals surface area contributed by atoms with Crippen LogP contribution >= 0.6 is 0 Å². The highest BCUT2D eigenvalue weighted by Crippen LogP contribution is 2.24. The molecular formula is C15H23N3O3. The van der Waals surface area contributed by atoms with Crippen molar-refractivity contribution in [3.8, 4) is 0 Å². The summed E-state index contributed by atoms with van der Waals surface area (Å²) in [6, 6.07) is 0.538. The Morgan fingerprint density at radius 3 is 2.86 bits per heavy atom. The van der Waals surface area contributed by atoms with Crippen molar-refractivity contribution in [3.05, 3.63) is 17.5 Å². The summed E-state index contributed by atoms with van der Waals surface area (Å²) in [6.07, 6.45) is 4.51. The van der Waals surface area contributed by atoms with Crippen LogP contribution in [0.5, 0.6) is 0 Å². The van der Waals surface area contributed by atoms with Crippen molar-refractivity contribution in [2.45, 2.75) is 51.8 Å². The van der Waals surface area contributed by atoms with Gasteiger partial charge in [0.05, 0.1) is 11.8 Å². The topological polar surface area (TPSA) is 58.8 Å². The molecule has 6 nitrogen and oxygen atoms in total. The highest BCUT2D eigenvalue weighted by atomic mass is 16.6. The van der Waals surface area contributed by atoms with Gasteiger partial charge < -0.3 is 14.2 Å². The van der Waals surface area contributed by atoms with E-state index in [0.29, 0.717) is 6.04 Å². The van der Waals surface area contributed by atoms with Crippen LogP contribution in [0.3, 0.4) is 0 Å². The van der Waals surface area contributed by atoms with Crippen molar-refractivity contribution >= 4 is 6.09 Å². The minimum Gasteiger partial charge on any atom is -0.447 e. The highest BCUT2D eigenvalue weighted by Gasteiger charge is 2.30. The largest absolute Gasteiger partial charge is 0.447 e. The Hall–Kier alpha value is -1.56. The molecule has 0 aromatic carbocycles. The Labute approximate surface area is 125 Å². The number of fused-ring (bicyclic) bond motifs is 1. The maximum absolute atomic E-state index is 11.9. The molecule has 0 unspecified atom stereocenters. The van der Waals surface area contributed by atoms with E-state index >= 15 is 0 Å². The molecule has 1 amide bonds. The molecule has 3 heterocycles. The summed E-state index contributed by atoms with van der Waals surface area (Å²) in [5.41, 5.74) is 2.31. The summed E-state index contributed by atoms with van der Waals surface area (Å²) in [5.74, 6) is 0. The molecule has 0 spiro atoms. The Bertz CT molecular complexity index is 492. The van der Waals surface area contributed by atoms with E-state index in [4.69, 9.17) is 9.26 Å². The number of nitrogens with zero attached hydrogens (tertiary/aromatic N) is 3. The van der Waals surface area contributed by atoms with Crippen LogP contribution in [0.15, 0.2) is 10.8 Å². The van der Waals surface area contributed by atoms with Gasteiger partial charge in [0, 0.05) is 44.2 Å². The SMILES string of the molecule is CC(C)OC(=O)N1CCC(N2CCc3nocc3C2)CC1. The first-order valence-corrected chi connectivity index (χ1v) is 7.75. The average molecular weight is 293 g/mol. The van der Waals surface area contributed by atoms with Gasteiger partial charge in [-0.3, -0.25) is 4.90 Å². The van der Waals surface area contributed by atoms with E-state index in [1.54, 1.807) is 6.26 Å². The van der Waals surface area contributed by atoms with E-state index in [0.717, 1.165) is 51.1 Å². The second kappa shape index (κ2) is 6.05. The molecule has 0 aliphatic carbocycles. The molecule has 0 N–H and O–H groups in total. The van der Waals surface area contributed by atoms with E-state index < -0.39 is 0 Å². The van der Waals surface area contributed by atoms with Gasteiger partial charge in [-0.15, -0.1) is 0 Å². The van der Waals surface area contributed by atoms with Gasteiger partial charge in [-0.1, -0.05) is 5.16 Å². The van der Waals surface area contributed by atoms with E-state index in [1.165, 1.54) is 5.56 Å². The second-order valence-electron chi connectivity index (χ2n) is 6.16. The van der Waals surface area contributed by atoms with Gasteiger partial charge in [0.1, 0.15) is 6.26 Å². The highest BCUT2D eigenvalue weighted by molar-refractivity contribution is 5.67. The summed E-state index contributed by atoms with van der Waals surface area (Å²) >= 11 is 0. The molecule has 6 heteroatoms. The van der Waals surface area contributed by atoms with Crippen LogP contribution < -0.4 is 0 Å². The number of piperidine rings is 1. The van der Waals surface area contributed by atoms with Crippen molar-refractivity contribution in [1.29, 1.82) is 0 Å². The molecule has 1 aromatic heterocycles. The smallest absolute Gasteiger partial charge is 0.410 e. The zero-order valence-electron chi connectivity index (χ0n) is 12.7. The lowest BCUT2D eigenvalue weighted by Gasteiger charge is -2.39. The number of carbonyl (C=O) groups excluding carboxylic acids is 1. The van der Waals surface area contributed by atoms with Gasteiger partial charge >= 0.3 is 6.09 Å². The third kappa shape index (κ3) is 3.20. The van der Waals surface area contributed by atoms with E-state index in [2.05, 4.69) is 10.1 Å². The summed E-state index contributed by atoms with van der Waals surface area (Å²) in [5, 5.41) is 4.03. The van der Waals surface area contributed by atoms with Crippen LogP contribution in [0.1, 0.15) is 37.9 Å². The van der Waals surface area contributed by atoms with Gasteiger partial charge in [-0.2, -0.15) is 0 Å². The number of hydrogen-bond acceptors (Lipinski definition) is 5.